The minimum Gasteiger partial charge on any atom is -0.327 e. The van der Waals surface area contributed by atoms with Crippen LogP contribution in [-0.4, -0.2) is 34.1 Å². The Hall–Kier alpha value is -1.01. The third kappa shape index (κ3) is 3.56. The quantitative estimate of drug-likeness (QED) is 0.803. The van der Waals surface area contributed by atoms with E-state index in [4.69, 9.17) is 5.73 Å². The summed E-state index contributed by atoms with van der Waals surface area (Å²) in [6.07, 6.45) is 2.65. The van der Waals surface area contributed by atoms with E-state index in [0.29, 0.717) is 18.9 Å². The van der Waals surface area contributed by atoms with E-state index in [0.717, 1.165) is 4.57 Å². The van der Waals surface area contributed by atoms with E-state index in [9.17, 15) is 8.78 Å². The van der Waals surface area contributed by atoms with Crippen LogP contribution in [0.25, 0.3) is 0 Å². The molecular weight excluding hydrogens is 202 g/mol. The van der Waals surface area contributed by atoms with Crippen LogP contribution in [0, 0.1) is 0 Å². The Balaban J connectivity index is 2.60. The van der Waals surface area contributed by atoms with Crippen LogP contribution >= 0.6 is 0 Å². The lowest BCUT2D eigenvalue weighted by Gasteiger charge is -2.18. The molecule has 4 nitrogen and oxygen atoms in total. The van der Waals surface area contributed by atoms with Gasteiger partial charge in [-0.15, -0.1) is 0 Å². The van der Waals surface area contributed by atoms with Crippen molar-refractivity contribution >= 4 is 0 Å². The molecular formula is C9H16F2N4. The molecule has 0 saturated carbocycles. The van der Waals surface area contributed by atoms with Crippen molar-refractivity contribution in [3.8, 4) is 0 Å². The van der Waals surface area contributed by atoms with E-state index in [1.54, 1.807) is 0 Å². The number of nitrogens with two attached hydrogens (primary N) is 1. The van der Waals surface area contributed by atoms with Gasteiger partial charge in [0.05, 0.1) is 6.54 Å². The first kappa shape index (κ1) is 12.1. The molecule has 0 aliphatic carbocycles. The minimum absolute atomic E-state index is 0.0185. The highest BCUT2D eigenvalue weighted by atomic mass is 19.3. The van der Waals surface area contributed by atoms with Gasteiger partial charge in [-0.1, -0.05) is 0 Å². The lowest BCUT2D eigenvalue weighted by Crippen LogP contribution is -2.33. The Kier molecular flexibility index (Phi) is 4.16. The molecule has 86 valence electrons. The van der Waals surface area contributed by atoms with Crippen LogP contribution in [0.4, 0.5) is 8.78 Å². The fourth-order valence-electron chi connectivity index (χ4n) is 1.44. The number of hydrogen-bond acceptors (Lipinski definition) is 3. The molecule has 0 aliphatic heterocycles. The molecule has 0 aromatic carbocycles. The first-order valence-corrected chi connectivity index (χ1v) is 4.74. The summed E-state index contributed by atoms with van der Waals surface area (Å²) < 4.78 is 25.8. The van der Waals surface area contributed by atoms with Crippen LogP contribution in [-0.2, 0) is 6.54 Å². The molecule has 1 atom stereocenters. The first-order chi connectivity index (χ1) is 7.00. The second kappa shape index (κ2) is 5.18. The number of aromatic nitrogens is 2. The predicted molar refractivity (Wildman–Crippen MR) is 53.5 cm³/mol. The Morgan fingerprint density at radius 1 is 1.60 bits per heavy atom. The third-order valence-electron chi connectivity index (χ3n) is 1.97. The molecule has 2 N–H and O–H groups in total. The zero-order valence-corrected chi connectivity index (χ0v) is 8.90. The van der Waals surface area contributed by atoms with E-state index in [2.05, 4.69) is 4.98 Å². The molecule has 1 aromatic heterocycles. The van der Waals surface area contributed by atoms with Crippen molar-refractivity contribution in [3.63, 3.8) is 0 Å². The molecule has 1 unspecified atom stereocenters. The van der Waals surface area contributed by atoms with Crippen LogP contribution in [0.3, 0.4) is 0 Å². The smallest absolute Gasteiger partial charge is 0.319 e. The number of hydrogen-bond donors (Lipinski definition) is 1. The van der Waals surface area contributed by atoms with Crippen molar-refractivity contribution in [3.05, 3.63) is 18.2 Å². The molecule has 0 saturated heterocycles. The van der Waals surface area contributed by atoms with Gasteiger partial charge in [0.15, 0.2) is 0 Å². The van der Waals surface area contributed by atoms with E-state index in [1.807, 2.05) is 18.9 Å². The number of likely N-dealkylation sites (N-methyl/N-ethyl adjacent to an activating group) is 1. The second-order valence-electron chi connectivity index (χ2n) is 3.70. The molecule has 0 amide bonds. The summed E-state index contributed by atoms with van der Waals surface area (Å²) in [5.41, 5.74) is 5.60. The highest BCUT2D eigenvalue weighted by Gasteiger charge is 2.13. The summed E-state index contributed by atoms with van der Waals surface area (Å²) >= 11 is 0. The summed E-state index contributed by atoms with van der Waals surface area (Å²) in [6, 6.07) is 0.0185. The molecule has 0 fully saturated rings. The lowest BCUT2D eigenvalue weighted by molar-refractivity contribution is 0.0645. The van der Waals surface area contributed by atoms with E-state index in [-0.39, 0.29) is 6.04 Å². The van der Waals surface area contributed by atoms with Gasteiger partial charge in [-0.2, -0.15) is 8.78 Å². The van der Waals surface area contributed by atoms with Crippen molar-refractivity contribution in [2.24, 2.45) is 5.73 Å². The molecule has 1 rings (SSSR count). The molecule has 0 radical (unpaired) electrons. The van der Waals surface area contributed by atoms with Crippen molar-refractivity contribution in [1.82, 2.24) is 14.5 Å². The van der Waals surface area contributed by atoms with Gasteiger partial charge in [0.1, 0.15) is 5.82 Å². The van der Waals surface area contributed by atoms with Crippen molar-refractivity contribution in [2.75, 3.05) is 13.6 Å². The monoisotopic (exact) mass is 218 g/mol. The maximum Gasteiger partial charge on any atom is 0.319 e. The van der Waals surface area contributed by atoms with Gasteiger partial charge < -0.3 is 5.73 Å². The average molecular weight is 218 g/mol. The summed E-state index contributed by atoms with van der Waals surface area (Å²) in [5.74, 6) is 0.355. The Morgan fingerprint density at radius 2 is 2.27 bits per heavy atom. The van der Waals surface area contributed by atoms with Crippen LogP contribution in [0.5, 0.6) is 0 Å². The minimum atomic E-state index is -2.54. The fourth-order valence-corrected chi connectivity index (χ4v) is 1.44. The van der Waals surface area contributed by atoms with Crippen LogP contribution in [0.15, 0.2) is 12.4 Å². The SMILES string of the molecule is CC(N)CN(C)Cc1nccn1C(F)F. The molecule has 1 aromatic rings. The molecule has 0 spiro atoms. The van der Waals surface area contributed by atoms with Gasteiger partial charge in [-0.3, -0.25) is 9.47 Å². The van der Waals surface area contributed by atoms with Gasteiger partial charge in [0, 0.05) is 25.0 Å². The van der Waals surface area contributed by atoms with Gasteiger partial charge in [0.2, 0.25) is 0 Å². The highest BCUT2D eigenvalue weighted by Crippen LogP contribution is 2.13. The number of nitrogens with zero attached hydrogens (tertiary/aromatic N) is 3. The maximum absolute atomic E-state index is 12.5. The summed E-state index contributed by atoms with van der Waals surface area (Å²) in [5, 5.41) is 0. The Labute approximate surface area is 87.7 Å². The van der Waals surface area contributed by atoms with Crippen molar-refractivity contribution in [1.29, 1.82) is 0 Å². The topological polar surface area (TPSA) is 47.1 Å². The van der Waals surface area contributed by atoms with Gasteiger partial charge >= 0.3 is 6.55 Å². The molecule has 0 bridgehead atoms. The normalized spacial score (nSPS) is 13.8. The standard InChI is InChI=1S/C9H16F2N4/c1-7(12)5-14(2)6-8-13-3-4-15(8)9(10)11/h3-4,7,9H,5-6,12H2,1-2H3. The lowest BCUT2D eigenvalue weighted by atomic mass is 10.3. The van der Waals surface area contributed by atoms with Gasteiger partial charge in [-0.05, 0) is 14.0 Å². The van der Waals surface area contributed by atoms with Crippen LogP contribution in [0.1, 0.15) is 19.3 Å². The maximum atomic E-state index is 12.5. The molecule has 1 heterocycles. The number of rotatable bonds is 5. The number of halogens is 2. The molecule has 6 heteroatoms. The highest BCUT2D eigenvalue weighted by molar-refractivity contribution is 4.92. The van der Waals surface area contributed by atoms with Crippen molar-refractivity contribution < 1.29 is 8.78 Å². The summed E-state index contributed by atoms with van der Waals surface area (Å²) in [6.45, 7) is 0.358. The zero-order valence-electron chi connectivity index (χ0n) is 8.90. The predicted octanol–water partition coefficient (Wildman–Crippen LogP) is 1.06. The average Bonchev–Trinajstić information content (AvgIpc) is 2.50. The summed E-state index contributed by atoms with van der Waals surface area (Å²) in [7, 11) is 1.83. The second-order valence-corrected chi connectivity index (χ2v) is 3.70. The first-order valence-electron chi connectivity index (χ1n) is 4.74. The summed E-state index contributed by atoms with van der Waals surface area (Å²) in [4.78, 5) is 5.75. The van der Waals surface area contributed by atoms with Gasteiger partial charge in [-0.25, -0.2) is 4.98 Å². The van der Waals surface area contributed by atoms with E-state index >= 15 is 0 Å². The number of imidazole rings is 1. The largest absolute Gasteiger partial charge is 0.327 e. The third-order valence-corrected chi connectivity index (χ3v) is 1.97. The zero-order chi connectivity index (χ0) is 11.4. The van der Waals surface area contributed by atoms with E-state index < -0.39 is 6.55 Å². The van der Waals surface area contributed by atoms with E-state index in [1.165, 1.54) is 12.4 Å². The number of alkyl halides is 2. The Bertz CT molecular complexity index is 298. The van der Waals surface area contributed by atoms with Crippen molar-refractivity contribution in [2.45, 2.75) is 26.1 Å². The van der Waals surface area contributed by atoms with Crippen LogP contribution in [0.2, 0.25) is 0 Å². The molecule has 15 heavy (non-hydrogen) atoms. The Morgan fingerprint density at radius 3 is 2.80 bits per heavy atom. The fraction of sp³-hybridized carbons (Fsp3) is 0.667. The van der Waals surface area contributed by atoms with Gasteiger partial charge in [0.25, 0.3) is 0 Å². The van der Waals surface area contributed by atoms with Crippen LogP contribution < -0.4 is 5.73 Å². The molecule has 0 aliphatic rings.